The molecule has 0 radical (unpaired) electrons. The Morgan fingerprint density at radius 1 is 1.19 bits per heavy atom. The van der Waals surface area contributed by atoms with E-state index < -0.39 is 29.1 Å². The zero-order chi connectivity index (χ0) is 15.1. The summed E-state index contributed by atoms with van der Waals surface area (Å²) in [4.78, 5) is 37.4. The minimum atomic E-state index is -0.924. The van der Waals surface area contributed by atoms with Gasteiger partial charge >= 0.3 is 0 Å². The molecule has 1 aromatic rings. The van der Waals surface area contributed by atoms with E-state index in [1.54, 1.807) is 0 Å². The van der Waals surface area contributed by atoms with Gasteiger partial charge in [0.2, 0.25) is 5.91 Å². The van der Waals surface area contributed by atoms with Crippen molar-refractivity contribution >= 4 is 28.8 Å². The zero-order valence-corrected chi connectivity index (χ0v) is 11.5. The number of thioether (sulfide) groups is 1. The number of likely N-dealkylation sites (tertiary alicyclic amines) is 1. The SMILES string of the molecule is O=C(c1c(F)cccc1F)N1CC(N2C(=O)CSC2=O)C1. The molecule has 0 saturated carbocycles. The number of halogens is 2. The van der Waals surface area contributed by atoms with E-state index in [2.05, 4.69) is 0 Å². The second kappa shape index (κ2) is 5.10. The lowest BCUT2D eigenvalue weighted by Crippen LogP contribution is -2.62. The molecule has 0 aliphatic carbocycles. The fraction of sp³-hybridized carbons (Fsp3) is 0.308. The van der Waals surface area contributed by atoms with Crippen molar-refractivity contribution in [2.24, 2.45) is 0 Å². The van der Waals surface area contributed by atoms with E-state index in [1.807, 2.05) is 0 Å². The molecule has 2 heterocycles. The molecule has 0 N–H and O–H groups in total. The molecule has 8 heteroatoms. The van der Waals surface area contributed by atoms with Crippen LogP contribution in [0.2, 0.25) is 0 Å². The number of hydrogen-bond acceptors (Lipinski definition) is 4. The highest BCUT2D eigenvalue weighted by molar-refractivity contribution is 8.14. The highest BCUT2D eigenvalue weighted by Crippen LogP contribution is 2.27. The van der Waals surface area contributed by atoms with Crippen LogP contribution in [-0.2, 0) is 4.79 Å². The number of hydrogen-bond donors (Lipinski definition) is 0. The van der Waals surface area contributed by atoms with Gasteiger partial charge < -0.3 is 4.90 Å². The van der Waals surface area contributed by atoms with Gasteiger partial charge in [0.1, 0.15) is 17.2 Å². The molecule has 2 saturated heterocycles. The van der Waals surface area contributed by atoms with Crippen molar-refractivity contribution in [3.63, 3.8) is 0 Å². The fourth-order valence-electron chi connectivity index (χ4n) is 2.36. The van der Waals surface area contributed by atoms with Crippen molar-refractivity contribution in [3.05, 3.63) is 35.4 Å². The normalized spacial score (nSPS) is 19.1. The van der Waals surface area contributed by atoms with Crippen molar-refractivity contribution in [2.45, 2.75) is 6.04 Å². The van der Waals surface area contributed by atoms with Crippen LogP contribution in [0.1, 0.15) is 10.4 Å². The third-order valence-electron chi connectivity index (χ3n) is 3.48. The summed E-state index contributed by atoms with van der Waals surface area (Å²) in [6.45, 7) is 0.204. The van der Waals surface area contributed by atoms with Gasteiger partial charge in [0.05, 0.1) is 11.8 Å². The molecule has 0 aromatic heterocycles. The Hall–Kier alpha value is -1.96. The molecule has 2 aliphatic rings. The smallest absolute Gasteiger partial charge is 0.289 e. The predicted molar refractivity (Wildman–Crippen MR) is 70.7 cm³/mol. The van der Waals surface area contributed by atoms with Gasteiger partial charge in [0.25, 0.3) is 11.1 Å². The largest absolute Gasteiger partial charge is 0.334 e. The molecule has 0 spiro atoms. The first-order valence-electron chi connectivity index (χ1n) is 6.21. The van der Waals surface area contributed by atoms with Crippen LogP contribution in [0.3, 0.4) is 0 Å². The summed E-state index contributed by atoms with van der Waals surface area (Å²) in [6.07, 6.45) is 0. The third kappa shape index (κ3) is 2.29. The average molecular weight is 312 g/mol. The van der Waals surface area contributed by atoms with Crippen molar-refractivity contribution in [3.8, 4) is 0 Å². The van der Waals surface area contributed by atoms with Crippen LogP contribution in [0.5, 0.6) is 0 Å². The van der Waals surface area contributed by atoms with Gasteiger partial charge in [-0.3, -0.25) is 19.3 Å². The lowest BCUT2D eigenvalue weighted by molar-refractivity contribution is -0.128. The lowest BCUT2D eigenvalue weighted by atomic mass is 10.0. The molecular weight excluding hydrogens is 302 g/mol. The maximum absolute atomic E-state index is 13.5. The van der Waals surface area contributed by atoms with E-state index in [0.29, 0.717) is 0 Å². The highest BCUT2D eigenvalue weighted by Gasteiger charge is 2.44. The Morgan fingerprint density at radius 2 is 1.81 bits per heavy atom. The Morgan fingerprint density at radius 3 is 2.33 bits per heavy atom. The average Bonchev–Trinajstić information content (AvgIpc) is 2.69. The second-order valence-corrected chi connectivity index (χ2v) is 5.71. The number of rotatable bonds is 2. The number of benzene rings is 1. The molecular formula is C13H10F2N2O3S. The maximum Gasteiger partial charge on any atom is 0.289 e. The van der Waals surface area contributed by atoms with Crippen LogP contribution in [0.25, 0.3) is 0 Å². The van der Waals surface area contributed by atoms with Crippen LogP contribution in [-0.4, -0.2) is 51.7 Å². The molecule has 2 fully saturated rings. The highest BCUT2D eigenvalue weighted by atomic mass is 32.2. The molecule has 5 nitrogen and oxygen atoms in total. The minimum absolute atomic E-state index is 0.102. The summed E-state index contributed by atoms with van der Waals surface area (Å²) in [6, 6.07) is 2.80. The fourth-order valence-corrected chi connectivity index (χ4v) is 3.14. The first-order valence-corrected chi connectivity index (χ1v) is 7.19. The molecule has 1 aromatic carbocycles. The van der Waals surface area contributed by atoms with Crippen LogP contribution in [0, 0.1) is 11.6 Å². The van der Waals surface area contributed by atoms with Crippen LogP contribution < -0.4 is 0 Å². The molecule has 3 amide bonds. The molecule has 0 atom stereocenters. The zero-order valence-electron chi connectivity index (χ0n) is 10.7. The molecule has 0 bridgehead atoms. The summed E-state index contributed by atoms with van der Waals surface area (Å²) < 4.78 is 27.1. The van der Waals surface area contributed by atoms with E-state index >= 15 is 0 Å². The third-order valence-corrected chi connectivity index (χ3v) is 4.31. The number of amides is 3. The number of nitrogens with zero attached hydrogens (tertiary/aromatic N) is 2. The summed E-state index contributed by atoms with van der Waals surface area (Å²) in [5, 5.41) is -0.339. The van der Waals surface area contributed by atoms with E-state index in [4.69, 9.17) is 0 Å². The Kier molecular flexibility index (Phi) is 3.40. The Balaban J connectivity index is 1.70. The van der Waals surface area contributed by atoms with E-state index in [9.17, 15) is 23.2 Å². The van der Waals surface area contributed by atoms with Crippen LogP contribution >= 0.6 is 11.8 Å². The van der Waals surface area contributed by atoms with Gasteiger partial charge in [-0.2, -0.15) is 0 Å². The monoisotopic (exact) mass is 312 g/mol. The summed E-state index contributed by atoms with van der Waals surface area (Å²) in [5.74, 6) is -2.81. The lowest BCUT2D eigenvalue weighted by Gasteiger charge is -2.42. The van der Waals surface area contributed by atoms with Gasteiger partial charge in [-0.1, -0.05) is 17.8 Å². The van der Waals surface area contributed by atoms with Crippen molar-refractivity contribution < 1.29 is 23.2 Å². The van der Waals surface area contributed by atoms with Crippen molar-refractivity contribution in [1.29, 1.82) is 0 Å². The molecule has 2 aliphatic heterocycles. The quantitative estimate of drug-likeness (QED) is 0.830. The summed E-state index contributed by atoms with van der Waals surface area (Å²) >= 11 is 0.916. The van der Waals surface area contributed by atoms with E-state index in [0.717, 1.165) is 28.8 Å². The second-order valence-electron chi connectivity index (χ2n) is 4.78. The Labute approximate surface area is 122 Å². The van der Waals surface area contributed by atoms with Crippen LogP contribution in [0.4, 0.5) is 13.6 Å². The number of carbonyl (C=O) groups excluding carboxylic acids is 3. The molecule has 0 unspecified atom stereocenters. The van der Waals surface area contributed by atoms with Crippen LogP contribution in [0.15, 0.2) is 18.2 Å². The molecule has 3 rings (SSSR count). The number of imide groups is 1. The topological polar surface area (TPSA) is 57.7 Å². The van der Waals surface area contributed by atoms with Crippen molar-refractivity contribution in [2.75, 3.05) is 18.8 Å². The predicted octanol–water partition coefficient (Wildman–Crippen LogP) is 1.48. The molecule has 110 valence electrons. The Bertz CT molecular complexity index is 610. The van der Waals surface area contributed by atoms with Gasteiger partial charge in [-0.05, 0) is 12.1 Å². The van der Waals surface area contributed by atoms with E-state index in [1.165, 1.54) is 11.0 Å². The van der Waals surface area contributed by atoms with Gasteiger partial charge in [-0.25, -0.2) is 8.78 Å². The first kappa shape index (κ1) is 14.0. The summed E-state index contributed by atoms with van der Waals surface area (Å²) in [5.41, 5.74) is -0.607. The maximum atomic E-state index is 13.5. The van der Waals surface area contributed by atoms with Gasteiger partial charge in [0, 0.05) is 13.1 Å². The molecule has 21 heavy (non-hydrogen) atoms. The van der Waals surface area contributed by atoms with Gasteiger partial charge in [-0.15, -0.1) is 0 Å². The van der Waals surface area contributed by atoms with Crippen molar-refractivity contribution in [1.82, 2.24) is 9.80 Å². The van der Waals surface area contributed by atoms with Gasteiger partial charge in [0.15, 0.2) is 0 Å². The van der Waals surface area contributed by atoms with E-state index in [-0.39, 0.29) is 30.0 Å². The first-order chi connectivity index (χ1) is 9.99. The standard InChI is InChI=1S/C13H10F2N2O3S/c14-8-2-1-3-9(15)11(8)12(19)16-4-7(5-16)17-10(18)6-21-13(17)20/h1-3,7H,4-6H2. The minimum Gasteiger partial charge on any atom is -0.334 e. The number of carbonyl (C=O) groups is 3. The summed E-state index contributed by atoms with van der Waals surface area (Å²) in [7, 11) is 0.